The second kappa shape index (κ2) is 7.85. The van der Waals surface area contributed by atoms with Gasteiger partial charge in [0, 0.05) is 25.4 Å². The molecule has 1 N–H and O–H groups in total. The first-order valence-corrected chi connectivity index (χ1v) is 8.49. The molecule has 0 radical (unpaired) electrons. The van der Waals surface area contributed by atoms with Crippen LogP contribution in [0, 0.1) is 17.0 Å². The van der Waals surface area contributed by atoms with Crippen molar-refractivity contribution in [3.8, 4) is 11.5 Å². The molecule has 156 valence electrons. The number of aryl methyl sites for hydroxylation is 2. The van der Waals surface area contributed by atoms with Crippen molar-refractivity contribution in [2.75, 3.05) is 5.32 Å². The van der Waals surface area contributed by atoms with Gasteiger partial charge in [-0.15, -0.1) is 0 Å². The summed E-state index contributed by atoms with van der Waals surface area (Å²) < 4.78 is 45.5. The number of hydrogen-bond acceptors (Lipinski definition) is 5. The zero-order valence-electron chi connectivity index (χ0n) is 15.7. The van der Waals surface area contributed by atoms with Crippen molar-refractivity contribution in [1.82, 2.24) is 9.78 Å². The van der Waals surface area contributed by atoms with E-state index in [1.807, 2.05) is 0 Å². The standard InChI is InChI=1S/C19H15F3N4O4/c1-11-17(10-25(2)24-11)18(27)23-13-7-14(26(28)29)9-16(8-13)30-15-5-3-4-12(6-15)19(20,21)22/h3-10H,1-2H3,(H,23,27). The molecule has 1 aromatic heterocycles. The molecule has 30 heavy (non-hydrogen) atoms. The summed E-state index contributed by atoms with van der Waals surface area (Å²) in [5.74, 6) is -0.821. The van der Waals surface area contributed by atoms with Crippen molar-refractivity contribution in [2.45, 2.75) is 13.1 Å². The highest BCUT2D eigenvalue weighted by molar-refractivity contribution is 6.05. The molecule has 8 nitrogen and oxygen atoms in total. The van der Waals surface area contributed by atoms with Crippen LogP contribution in [0.25, 0.3) is 0 Å². The molecule has 0 saturated carbocycles. The highest BCUT2D eigenvalue weighted by Crippen LogP contribution is 2.34. The van der Waals surface area contributed by atoms with E-state index in [4.69, 9.17) is 4.74 Å². The Morgan fingerprint density at radius 1 is 1.20 bits per heavy atom. The van der Waals surface area contributed by atoms with Gasteiger partial charge in [-0.2, -0.15) is 18.3 Å². The van der Waals surface area contributed by atoms with Gasteiger partial charge in [-0.25, -0.2) is 0 Å². The number of carbonyl (C=O) groups excluding carboxylic acids is 1. The number of aromatic nitrogens is 2. The Morgan fingerprint density at radius 2 is 1.93 bits per heavy atom. The third-order valence-electron chi connectivity index (χ3n) is 4.02. The third-order valence-corrected chi connectivity index (χ3v) is 4.02. The third kappa shape index (κ3) is 4.74. The molecule has 2 aromatic carbocycles. The van der Waals surface area contributed by atoms with Gasteiger partial charge in [-0.3, -0.25) is 19.6 Å². The summed E-state index contributed by atoms with van der Waals surface area (Å²) in [4.78, 5) is 23.0. The lowest BCUT2D eigenvalue weighted by Crippen LogP contribution is -2.12. The van der Waals surface area contributed by atoms with E-state index in [9.17, 15) is 28.1 Å². The summed E-state index contributed by atoms with van der Waals surface area (Å²) in [6.07, 6.45) is -3.08. The number of nitrogens with zero attached hydrogens (tertiary/aromatic N) is 3. The minimum atomic E-state index is -4.57. The van der Waals surface area contributed by atoms with E-state index in [-0.39, 0.29) is 22.7 Å². The lowest BCUT2D eigenvalue weighted by Gasteiger charge is -2.11. The van der Waals surface area contributed by atoms with Crippen LogP contribution in [-0.4, -0.2) is 20.6 Å². The average Bonchev–Trinajstić information content (AvgIpc) is 2.99. The Balaban J connectivity index is 1.91. The van der Waals surface area contributed by atoms with Crippen molar-refractivity contribution in [1.29, 1.82) is 0 Å². The van der Waals surface area contributed by atoms with Crippen LogP contribution < -0.4 is 10.1 Å². The maximum Gasteiger partial charge on any atom is 0.416 e. The van der Waals surface area contributed by atoms with Gasteiger partial charge < -0.3 is 10.1 Å². The quantitative estimate of drug-likeness (QED) is 0.476. The Morgan fingerprint density at radius 3 is 2.53 bits per heavy atom. The Labute approximate surface area is 168 Å². The van der Waals surface area contributed by atoms with Crippen LogP contribution >= 0.6 is 0 Å². The number of benzene rings is 2. The van der Waals surface area contributed by atoms with Gasteiger partial charge in [-0.1, -0.05) is 6.07 Å². The molecule has 0 spiro atoms. The molecule has 0 fully saturated rings. The number of halogens is 3. The lowest BCUT2D eigenvalue weighted by molar-refractivity contribution is -0.384. The molecule has 1 heterocycles. The summed E-state index contributed by atoms with van der Waals surface area (Å²) in [7, 11) is 1.64. The fourth-order valence-electron chi connectivity index (χ4n) is 2.71. The first-order valence-electron chi connectivity index (χ1n) is 8.49. The maximum atomic E-state index is 12.9. The average molecular weight is 420 g/mol. The summed E-state index contributed by atoms with van der Waals surface area (Å²) in [6, 6.07) is 7.53. The van der Waals surface area contributed by atoms with E-state index in [1.165, 1.54) is 23.0 Å². The molecule has 0 saturated heterocycles. The molecule has 1 amide bonds. The van der Waals surface area contributed by atoms with Crippen LogP contribution in [0.5, 0.6) is 11.5 Å². The lowest BCUT2D eigenvalue weighted by atomic mass is 10.2. The molecular formula is C19H15F3N4O4. The minimum Gasteiger partial charge on any atom is -0.457 e. The first kappa shape index (κ1) is 20.8. The smallest absolute Gasteiger partial charge is 0.416 e. The number of carbonyl (C=O) groups is 1. The van der Waals surface area contributed by atoms with E-state index < -0.39 is 28.3 Å². The number of nitro benzene ring substituents is 1. The molecule has 0 aliphatic heterocycles. The van der Waals surface area contributed by atoms with Crippen LogP contribution in [0.1, 0.15) is 21.6 Å². The summed E-state index contributed by atoms with van der Waals surface area (Å²) >= 11 is 0. The zero-order valence-corrected chi connectivity index (χ0v) is 15.7. The van der Waals surface area contributed by atoms with Crippen LogP contribution in [0.15, 0.2) is 48.7 Å². The van der Waals surface area contributed by atoms with Gasteiger partial charge in [0.15, 0.2) is 0 Å². The monoisotopic (exact) mass is 420 g/mol. The second-order valence-electron chi connectivity index (χ2n) is 6.36. The Kier molecular flexibility index (Phi) is 5.45. The normalized spacial score (nSPS) is 11.2. The number of amides is 1. The number of ether oxygens (including phenoxy) is 1. The van der Waals surface area contributed by atoms with Crippen molar-refractivity contribution in [3.05, 3.63) is 75.6 Å². The predicted octanol–water partition coefficient (Wildman–Crippen LogP) is 4.70. The molecular weight excluding hydrogens is 405 g/mol. The SMILES string of the molecule is Cc1nn(C)cc1C(=O)Nc1cc(Oc2cccc(C(F)(F)F)c2)cc([N+](=O)[O-])c1. The van der Waals surface area contributed by atoms with Crippen molar-refractivity contribution in [3.63, 3.8) is 0 Å². The molecule has 3 aromatic rings. The van der Waals surface area contributed by atoms with Crippen LogP contribution in [0.3, 0.4) is 0 Å². The fraction of sp³-hybridized carbons (Fsp3) is 0.158. The first-order chi connectivity index (χ1) is 14.0. The number of rotatable bonds is 5. The van der Waals surface area contributed by atoms with E-state index >= 15 is 0 Å². The zero-order chi connectivity index (χ0) is 22.1. The van der Waals surface area contributed by atoms with Crippen LogP contribution in [-0.2, 0) is 13.2 Å². The summed E-state index contributed by atoms with van der Waals surface area (Å²) in [6.45, 7) is 1.63. The topological polar surface area (TPSA) is 99.3 Å². The van der Waals surface area contributed by atoms with E-state index in [0.29, 0.717) is 5.69 Å². The number of non-ortho nitro benzene ring substituents is 1. The number of hydrogen-bond donors (Lipinski definition) is 1. The Hall–Kier alpha value is -3.89. The van der Waals surface area contributed by atoms with Gasteiger partial charge in [0.2, 0.25) is 0 Å². The van der Waals surface area contributed by atoms with E-state index in [2.05, 4.69) is 10.4 Å². The van der Waals surface area contributed by atoms with E-state index in [1.54, 1.807) is 14.0 Å². The van der Waals surface area contributed by atoms with Crippen molar-refractivity contribution >= 4 is 17.3 Å². The highest BCUT2D eigenvalue weighted by Gasteiger charge is 2.30. The number of anilines is 1. The van der Waals surface area contributed by atoms with Gasteiger partial charge in [0.25, 0.3) is 11.6 Å². The van der Waals surface area contributed by atoms with E-state index in [0.717, 1.165) is 30.3 Å². The predicted molar refractivity (Wildman–Crippen MR) is 101 cm³/mol. The largest absolute Gasteiger partial charge is 0.457 e. The number of nitro groups is 1. The van der Waals surface area contributed by atoms with Crippen LogP contribution in [0.2, 0.25) is 0 Å². The Bertz CT molecular complexity index is 1130. The molecule has 3 rings (SSSR count). The summed E-state index contributed by atoms with van der Waals surface area (Å²) in [5.41, 5.74) is -0.562. The minimum absolute atomic E-state index is 0.0411. The van der Waals surface area contributed by atoms with Gasteiger partial charge in [0.1, 0.15) is 11.5 Å². The molecule has 0 atom stereocenters. The van der Waals surface area contributed by atoms with Crippen molar-refractivity contribution in [2.24, 2.45) is 7.05 Å². The molecule has 0 aliphatic carbocycles. The maximum absolute atomic E-state index is 12.9. The number of alkyl halides is 3. The molecule has 0 bridgehead atoms. The highest BCUT2D eigenvalue weighted by atomic mass is 19.4. The van der Waals surface area contributed by atoms with Gasteiger partial charge >= 0.3 is 6.18 Å². The van der Waals surface area contributed by atoms with Gasteiger partial charge in [-0.05, 0) is 25.1 Å². The number of nitrogens with one attached hydrogen (secondary N) is 1. The molecule has 11 heteroatoms. The van der Waals surface area contributed by atoms with Crippen LogP contribution in [0.4, 0.5) is 24.5 Å². The second-order valence-corrected chi connectivity index (χ2v) is 6.36. The molecule has 0 unspecified atom stereocenters. The molecule has 0 aliphatic rings. The fourth-order valence-corrected chi connectivity index (χ4v) is 2.71. The summed E-state index contributed by atoms with van der Waals surface area (Å²) in [5, 5.41) is 17.8. The van der Waals surface area contributed by atoms with Crippen molar-refractivity contribution < 1.29 is 27.6 Å². The van der Waals surface area contributed by atoms with Gasteiger partial charge in [0.05, 0.1) is 33.5 Å².